The van der Waals surface area contributed by atoms with Crippen LogP contribution in [0.15, 0.2) is 30.3 Å². The molecule has 20 heavy (non-hydrogen) atoms. The van der Waals surface area contributed by atoms with Gasteiger partial charge in [-0.3, -0.25) is 0 Å². The zero-order valence-corrected chi connectivity index (χ0v) is 13.1. The summed E-state index contributed by atoms with van der Waals surface area (Å²) in [5.74, 6) is 1.28. The van der Waals surface area contributed by atoms with E-state index in [0.717, 1.165) is 6.61 Å². The zero-order valence-electron chi connectivity index (χ0n) is 13.1. The molecule has 2 heteroatoms. The van der Waals surface area contributed by atoms with Crippen LogP contribution in [-0.4, -0.2) is 18.8 Å². The van der Waals surface area contributed by atoms with Crippen molar-refractivity contribution in [3.05, 3.63) is 35.9 Å². The fourth-order valence-electron chi connectivity index (χ4n) is 4.05. The molecule has 2 aliphatic heterocycles. The standard InChI is InChI=1S/C18H27NO/c1-12-16-14(11-20-12)15(10-18(2,3)4)19-17(16)13-8-6-5-7-9-13/h5-9,12,14-17,19H,10-11H2,1-4H3. The highest BCUT2D eigenvalue weighted by Crippen LogP contribution is 2.46. The molecule has 1 N–H and O–H groups in total. The van der Waals surface area contributed by atoms with Crippen molar-refractivity contribution in [1.82, 2.24) is 5.32 Å². The van der Waals surface area contributed by atoms with Crippen LogP contribution in [0.5, 0.6) is 0 Å². The van der Waals surface area contributed by atoms with Crippen molar-refractivity contribution < 1.29 is 4.74 Å². The summed E-state index contributed by atoms with van der Waals surface area (Å²) >= 11 is 0. The average molecular weight is 273 g/mol. The Bertz CT molecular complexity index is 450. The molecule has 0 saturated carbocycles. The summed E-state index contributed by atoms with van der Waals surface area (Å²) < 4.78 is 5.98. The third-order valence-electron chi connectivity index (χ3n) is 4.87. The van der Waals surface area contributed by atoms with E-state index in [0.29, 0.717) is 35.4 Å². The quantitative estimate of drug-likeness (QED) is 0.885. The van der Waals surface area contributed by atoms with Gasteiger partial charge in [0.05, 0.1) is 12.7 Å². The summed E-state index contributed by atoms with van der Waals surface area (Å²) in [5.41, 5.74) is 1.77. The number of hydrogen-bond acceptors (Lipinski definition) is 2. The van der Waals surface area contributed by atoms with Gasteiger partial charge in [-0.15, -0.1) is 0 Å². The number of benzene rings is 1. The van der Waals surface area contributed by atoms with E-state index >= 15 is 0 Å². The van der Waals surface area contributed by atoms with E-state index < -0.39 is 0 Å². The first kappa shape index (κ1) is 14.1. The smallest absolute Gasteiger partial charge is 0.0597 e. The Morgan fingerprint density at radius 1 is 1.20 bits per heavy atom. The van der Waals surface area contributed by atoms with Gasteiger partial charge in [0.25, 0.3) is 0 Å². The summed E-state index contributed by atoms with van der Waals surface area (Å²) in [6.07, 6.45) is 1.58. The van der Waals surface area contributed by atoms with Crippen molar-refractivity contribution in [1.29, 1.82) is 0 Å². The molecule has 2 heterocycles. The Kier molecular flexibility index (Phi) is 3.64. The molecule has 5 unspecified atom stereocenters. The molecule has 0 aliphatic carbocycles. The first-order valence-electron chi connectivity index (χ1n) is 7.88. The van der Waals surface area contributed by atoms with Gasteiger partial charge in [0, 0.05) is 23.9 Å². The minimum absolute atomic E-state index is 0.361. The van der Waals surface area contributed by atoms with E-state index in [-0.39, 0.29) is 0 Å². The van der Waals surface area contributed by atoms with Gasteiger partial charge in [-0.25, -0.2) is 0 Å². The predicted molar refractivity (Wildman–Crippen MR) is 82.6 cm³/mol. The highest BCUT2D eigenvalue weighted by atomic mass is 16.5. The third-order valence-corrected chi connectivity index (χ3v) is 4.87. The van der Waals surface area contributed by atoms with Crippen LogP contribution in [0.1, 0.15) is 45.7 Å². The second-order valence-electron chi connectivity index (χ2n) is 7.71. The Labute approximate surface area is 122 Å². The zero-order chi connectivity index (χ0) is 14.3. The minimum Gasteiger partial charge on any atom is -0.378 e. The van der Waals surface area contributed by atoms with Crippen molar-refractivity contribution in [2.24, 2.45) is 17.3 Å². The molecular weight excluding hydrogens is 246 g/mol. The van der Waals surface area contributed by atoms with Crippen LogP contribution in [-0.2, 0) is 4.74 Å². The minimum atomic E-state index is 0.361. The summed E-state index contributed by atoms with van der Waals surface area (Å²) in [4.78, 5) is 0. The maximum atomic E-state index is 5.98. The van der Waals surface area contributed by atoms with Crippen LogP contribution in [0.2, 0.25) is 0 Å². The molecule has 0 amide bonds. The van der Waals surface area contributed by atoms with Crippen LogP contribution in [0.25, 0.3) is 0 Å². The van der Waals surface area contributed by atoms with Crippen LogP contribution < -0.4 is 5.32 Å². The molecule has 2 fully saturated rings. The lowest BCUT2D eigenvalue weighted by Crippen LogP contribution is -2.33. The molecule has 0 bridgehead atoms. The van der Waals surface area contributed by atoms with E-state index in [9.17, 15) is 0 Å². The summed E-state index contributed by atoms with van der Waals surface area (Å²) in [7, 11) is 0. The fraction of sp³-hybridized carbons (Fsp3) is 0.667. The van der Waals surface area contributed by atoms with Gasteiger partial charge < -0.3 is 10.1 Å². The molecule has 1 aromatic carbocycles. The Morgan fingerprint density at radius 3 is 2.55 bits per heavy atom. The number of ether oxygens (including phenoxy) is 1. The van der Waals surface area contributed by atoms with Gasteiger partial charge in [-0.1, -0.05) is 51.1 Å². The topological polar surface area (TPSA) is 21.3 Å². The molecule has 110 valence electrons. The van der Waals surface area contributed by atoms with Crippen molar-refractivity contribution in [3.63, 3.8) is 0 Å². The van der Waals surface area contributed by atoms with Crippen LogP contribution in [0.3, 0.4) is 0 Å². The molecule has 0 radical (unpaired) electrons. The lowest BCUT2D eigenvalue weighted by Gasteiger charge is -2.26. The van der Waals surface area contributed by atoms with Crippen molar-refractivity contribution in [3.8, 4) is 0 Å². The van der Waals surface area contributed by atoms with Crippen LogP contribution >= 0.6 is 0 Å². The van der Waals surface area contributed by atoms with Crippen molar-refractivity contribution in [2.75, 3.05) is 6.61 Å². The maximum Gasteiger partial charge on any atom is 0.0597 e. The number of rotatable bonds is 2. The summed E-state index contributed by atoms with van der Waals surface area (Å²) in [5, 5.41) is 3.92. The van der Waals surface area contributed by atoms with Gasteiger partial charge in [0.1, 0.15) is 0 Å². The third kappa shape index (κ3) is 2.64. The number of nitrogens with one attached hydrogen (secondary N) is 1. The van der Waals surface area contributed by atoms with Crippen LogP contribution in [0, 0.1) is 17.3 Å². The van der Waals surface area contributed by atoms with E-state index in [2.05, 4.69) is 63.3 Å². The van der Waals surface area contributed by atoms with Gasteiger partial charge in [-0.05, 0) is 24.3 Å². The van der Waals surface area contributed by atoms with Gasteiger partial charge in [-0.2, -0.15) is 0 Å². The normalized spacial score (nSPS) is 37.1. The first-order chi connectivity index (χ1) is 9.46. The van der Waals surface area contributed by atoms with Gasteiger partial charge >= 0.3 is 0 Å². The van der Waals surface area contributed by atoms with Gasteiger partial charge in [0.15, 0.2) is 0 Å². The Balaban J connectivity index is 1.85. The SMILES string of the molecule is CC1OCC2C(CC(C)(C)C)NC(c3ccccc3)C12. The number of hydrogen-bond donors (Lipinski definition) is 1. The van der Waals surface area contributed by atoms with E-state index in [1.54, 1.807) is 0 Å². The van der Waals surface area contributed by atoms with E-state index in [1.807, 2.05) is 0 Å². The summed E-state index contributed by atoms with van der Waals surface area (Å²) in [6, 6.07) is 11.9. The molecule has 2 nitrogen and oxygen atoms in total. The predicted octanol–water partition coefficient (Wildman–Crippen LogP) is 3.79. The second-order valence-corrected chi connectivity index (χ2v) is 7.71. The van der Waals surface area contributed by atoms with Gasteiger partial charge in [0.2, 0.25) is 0 Å². The van der Waals surface area contributed by atoms with Crippen molar-refractivity contribution >= 4 is 0 Å². The maximum absolute atomic E-state index is 5.98. The molecular formula is C18H27NO. The van der Waals surface area contributed by atoms with Crippen molar-refractivity contribution in [2.45, 2.75) is 52.3 Å². The average Bonchev–Trinajstić information content (AvgIpc) is 2.92. The highest BCUT2D eigenvalue weighted by Gasteiger charge is 2.50. The highest BCUT2D eigenvalue weighted by molar-refractivity contribution is 5.23. The lowest BCUT2D eigenvalue weighted by molar-refractivity contribution is 0.0889. The molecule has 5 atom stereocenters. The summed E-state index contributed by atoms with van der Waals surface area (Å²) in [6.45, 7) is 10.2. The largest absolute Gasteiger partial charge is 0.378 e. The lowest BCUT2D eigenvalue weighted by atomic mass is 9.79. The van der Waals surface area contributed by atoms with Crippen LogP contribution in [0.4, 0.5) is 0 Å². The molecule has 0 spiro atoms. The monoisotopic (exact) mass is 273 g/mol. The molecule has 2 saturated heterocycles. The molecule has 1 aromatic rings. The Morgan fingerprint density at radius 2 is 1.90 bits per heavy atom. The second kappa shape index (κ2) is 5.16. The molecule has 0 aromatic heterocycles. The van der Waals surface area contributed by atoms with E-state index in [4.69, 9.17) is 4.74 Å². The van der Waals surface area contributed by atoms with E-state index in [1.165, 1.54) is 12.0 Å². The first-order valence-corrected chi connectivity index (χ1v) is 7.88. The Hall–Kier alpha value is -0.860. The number of fused-ring (bicyclic) bond motifs is 1. The fourth-order valence-corrected chi connectivity index (χ4v) is 4.05. The molecule has 2 aliphatic rings. The molecule has 3 rings (SSSR count).